The third-order valence-corrected chi connectivity index (χ3v) is 3.70. The summed E-state index contributed by atoms with van der Waals surface area (Å²) in [6.45, 7) is 5.44. The van der Waals surface area contributed by atoms with Crippen molar-refractivity contribution in [1.29, 1.82) is 0 Å². The molecular weight excluding hydrogens is 263 g/mol. The standard InChI is InChI=1S/C16H16F3N/c1-9-4-5-11(8-10(9)2)16(3,20)12-6-7-13(17)15(19)14(12)18/h4-8H,20H2,1-3H3. The number of hydrogen-bond donors (Lipinski definition) is 1. The molecule has 0 saturated heterocycles. The average Bonchev–Trinajstić information content (AvgIpc) is 2.38. The topological polar surface area (TPSA) is 26.0 Å². The molecule has 0 saturated carbocycles. The monoisotopic (exact) mass is 279 g/mol. The van der Waals surface area contributed by atoms with E-state index in [2.05, 4.69) is 0 Å². The minimum absolute atomic E-state index is 0.0698. The van der Waals surface area contributed by atoms with Gasteiger partial charge in [-0.2, -0.15) is 0 Å². The summed E-state index contributed by atoms with van der Waals surface area (Å²) in [6, 6.07) is 7.54. The molecule has 0 spiro atoms. The highest BCUT2D eigenvalue weighted by Gasteiger charge is 2.29. The molecule has 2 N–H and O–H groups in total. The van der Waals surface area contributed by atoms with Crippen molar-refractivity contribution < 1.29 is 13.2 Å². The molecule has 0 fully saturated rings. The summed E-state index contributed by atoms with van der Waals surface area (Å²) < 4.78 is 40.3. The number of aryl methyl sites for hydroxylation is 2. The first-order valence-corrected chi connectivity index (χ1v) is 6.25. The Hall–Kier alpha value is -1.81. The van der Waals surface area contributed by atoms with Gasteiger partial charge in [0.05, 0.1) is 5.54 Å². The largest absolute Gasteiger partial charge is 0.318 e. The van der Waals surface area contributed by atoms with Gasteiger partial charge in [-0.15, -0.1) is 0 Å². The van der Waals surface area contributed by atoms with E-state index < -0.39 is 23.0 Å². The highest BCUT2D eigenvalue weighted by atomic mass is 19.2. The SMILES string of the molecule is Cc1ccc(C(C)(N)c2ccc(F)c(F)c2F)cc1C. The van der Waals surface area contributed by atoms with Gasteiger partial charge < -0.3 is 5.73 Å². The van der Waals surface area contributed by atoms with Gasteiger partial charge in [-0.05, 0) is 43.5 Å². The quantitative estimate of drug-likeness (QED) is 0.828. The second-order valence-electron chi connectivity index (χ2n) is 5.22. The van der Waals surface area contributed by atoms with Crippen LogP contribution in [0.15, 0.2) is 30.3 Å². The van der Waals surface area contributed by atoms with Gasteiger partial charge in [-0.1, -0.05) is 24.3 Å². The van der Waals surface area contributed by atoms with Crippen molar-refractivity contribution in [2.75, 3.05) is 0 Å². The van der Waals surface area contributed by atoms with Gasteiger partial charge in [0.2, 0.25) is 0 Å². The van der Waals surface area contributed by atoms with Gasteiger partial charge in [-0.25, -0.2) is 13.2 Å². The van der Waals surface area contributed by atoms with Gasteiger partial charge in [0.1, 0.15) is 0 Å². The van der Waals surface area contributed by atoms with Gasteiger partial charge in [0.15, 0.2) is 17.5 Å². The number of rotatable bonds is 2. The zero-order valence-corrected chi connectivity index (χ0v) is 11.6. The van der Waals surface area contributed by atoms with E-state index in [1.807, 2.05) is 26.0 Å². The van der Waals surface area contributed by atoms with Crippen molar-refractivity contribution in [2.24, 2.45) is 5.73 Å². The summed E-state index contributed by atoms with van der Waals surface area (Å²) in [6.07, 6.45) is 0. The summed E-state index contributed by atoms with van der Waals surface area (Å²) in [5.41, 5.74) is 7.59. The second kappa shape index (κ2) is 4.94. The van der Waals surface area contributed by atoms with Crippen molar-refractivity contribution in [1.82, 2.24) is 0 Å². The van der Waals surface area contributed by atoms with Crippen molar-refractivity contribution in [2.45, 2.75) is 26.3 Å². The minimum Gasteiger partial charge on any atom is -0.318 e. The van der Waals surface area contributed by atoms with E-state index >= 15 is 0 Å². The van der Waals surface area contributed by atoms with Crippen LogP contribution in [0.25, 0.3) is 0 Å². The molecule has 0 radical (unpaired) electrons. The number of nitrogens with two attached hydrogens (primary N) is 1. The normalized spacial score (nSPS) is 14.2. The second-order valence-corrected chi connectivity index (χ2v) is 5.22. The fourth-order valence-electron chi connectivity index (χ4n) is 2.15. The van der Waals surface area contributed by atoms with E-state index in [1.165, 1.54) is 6.07 Å². The van der Waals surface area contributed by atoms with Crippen LogP contribution in [0, 0.1) is 31.3 Å². The van der Waals surface area contributed by atoms with Crippen LogP contribution in [-0.2, 0) is 5.54 Å². The van der Waals surface area contributed by atoms with Gasteiger partial charge in [0.25, 0.3) is 0 Å². The van der Waals surface area contributed by atoms with E-state index in [1.54, 1.807) is 13.0 Å². The lowest BCUT2D eigenvalue weighted by atomic mass is 9.84. The van der Waals surface area contributed by atoms with E-state index in [-0.39, 0.29) is 5.56 Å². The Balaban J connectivity index is 2.60. The summed E-state index contributed by atoms with van der Waals surface area (Å²) in [5, 5.41) is 0. The molecule has 0 aliphatic heterocycles. The lowest BCUT2D eigenvalue weighted by Crippen LogP contribution is -2.35. The Bertz CT molecular complexity index is 663. The fraction of sp³-hybridized carbons (Fsp3) is 0.250. The van der Waals surface area contributed by atoms with Crippen LogP contribution in [0.1, 0.15) is 29.2 Å². The zero-order chi connectivity index (χ0) is 15.1. The van der Waals surface area contributed by atoms with Crippen LogP contribution >= 0.6 is 0 Å². The Morgan fingerprint density at radius 1 is 0.900 bits per heavy atom. The van der Waals surface area contributed by atoms with E-state index in [0.29, 0.717) is 5.56 Å². The molecule has 106 valence electrons. The molecule has 0 aliphatic rings. The minimum atomic E-state index is -1.50. The van der Waals surface area contributed by atoms with Crippen LogP contribution in [0.4, 0.5) is 13.2 Å². The van der Waals surface area contributed by atoms with E-state index in [4.69, 9.17) is 5.73 Å². The highest BCUT2D eigenvalue weighted by molar-refractivity contribution is 5.41. The van der Waals surface area contributed by atoms with Crippen molar-refractivity contribution >= 4 is 0 Å². The molecule has 20 heavy (non-hydrogen) atoms. The van der Waals surface area contributed by atoms with Gasteiger partial charge >= 0.3 is 0 Å². The number of benzene rings is 2. The molecular formula is C16H16F3N. The van der Waals surface area contributed by atoms with Gasteiger partial charge in [0, 0.05) is 5.56 Å². The predicted molar refractivity (Wildman–Crippen MR) is 72.9 cm³/mol. The van der Waals surface area contributed by atoms with Crippen LogP contribution in [0.5, 0.6) is 0 Å². The molecule has 2 rings (SSSR count). The Morgan fingerprint density at radius 3 is 2.15 bits per heavy atom. The Kier molecular flexibility index (Phi) is 3.61. The lowest BCUT2D eigenvalue weighted by Gasteiger charge is -2.27. The van der Waals surface area contributed by atoms with Crippen LogP contribution in [0.2, 0.25) is 0 Å². The summed E-state index contributed by atoms with van der Waals surface area (Å²) in [7, 11) is 0. The van der Waals surface area contributed by atoms with E-state index in [9.17, 15) is 13.2 Å². The number of hydrogen-bond acceptors (Lipinski definition) is 1. The molecule has 2 aromatic carbocycles. The molecule has 0 amide bonds. The fourth-order valence-corrected chi connectivity index (χ4v) is 2.15. The maximum Gasteiger partial charge on any atom is 0.194 e. The molecule has 0 aromatic heterocycles. The highest BCUT2D eigenvalue weighted by Crippen LogP contribution is 2.31. The molecule has 1 atom stereocenters. The van der Waals surface area contributed by atoms with Crippen molar-refractivity contribution in [3.63, 3.8) is 0 Å². The summed E-state index contributed by atoms with van der Waals surface area (Å²) >= 11 is 0. The predicted octanol–water partition coefficient (Wildman–Crippen LogP) is 3.94. The van der Waals surface area contributed by atoms with Gasteiger partial charge in [-0.3, -0.25) is 0 Å². The van der Waals surface area contributed by atoms with Crippen LogP contribution < -0.4 is 5.73 Å². The van der Waals surface area contributed by atoms with E-state index in [0.717, 1.165) is 17.2 Å². The number of halogens is 3. The van der Waals surface area contributed by atoms with Crippen molar-refractivity contribution in [3.05, 3.63) is 70.0 Å². The molecule has 4 heteroatoms. The molecule has 2 aromatic rings. The molecule has 1 nitrogen and oxygen atoms in total. The average molecular weight is 279 g/mol. The maximum atomic E-state index is 13.9. The smallest absolute Gasteiger partial charge is 0.194 e. The van der Waals surface area contributed by atoms with Crippen molar-refractivity contribution in [3.8, 4) is 0 Å². The molecule has 1 unspecified atom stereocenters. The first-order chi connectivity index (χ1) is 9.25. The maximum absolute atomic E-state index is 13.9. The summed E-state index contributed by atoms with van der Waals surface area (Å²) in [4.78, 5) is 0. The van der Waals surface area contributed by atoms with Crippen LogP contribution in [-0.4, -0.2) is 0 Å². The Morgan fingerprint density at radius 2 is 1.55 bits per heavy atom. The molecule has 0 bridgehead atoms. The molecule has 0 heterocycles. The third-order valence-electron chi connectivity index (χ3n) is 3.70. The molecule has 0 aliphatic carbocycles. The van der Waals surface area contributed by atoms with Crippen LogP contribution in [0.3, 0.4) is 0 Å². The third kappa shape index (κ3) is 2.31. The zero-order valence-electron chi connectivity index (χ0n) is 11.6. The lowest BCUT2D eigenvalue weighted by molar-refractivity contribution is 0.425. The Labute approximate surface area is 116 Å². The summed E-state index contributed by atoms with van der Waals surface area (Å²) in [5.74, 6) is -3.96. The first kappa shape index (κ1) is 14.6. The first-order valence-electron chi connectivity index (χ1n) is 6.25.